The maximum absolute atomic E-state index is 11.4. The third kappa shape index (κ3) is 1.25. The molecule has 3 nitrogen and oxygen atoms in total. The van der Waals surface area contributed by atoms with Crippen molar-refractivity contribution in [3.05, 3.63) is 11.6 Å². The first-order chi connectivity index (χ1) is 5.77. The first-order valence-corrected chi connectivity index (χ1v) is 4.33. The highest BCUT2D eigenvalue weighted by Gasteiger charge is 2.29. The molecule has 12 heavy (non-hydrogen) atoms. The van der Waals surface area contributed by atoms with E-state index < -0.39 is 0 Å². The van der Waals surface area contributed by atoms with Crippen LogP contribution < -0.4 is 0 Å². The predicted octanol–water partition coefficient (Wildman–Crippen LogP) is 0.564. The maximum Gasteiger partial charge on any atom is 0.246 e. The Morgan fingerprint density at radius 3 is 3.33 bits per heavy atom. The monoisotopic (exact) mass is 167 g/mol. The summed E-state index contributed by atoms with van der Waals surface area (Å²) in [6, 6.07) is 0.302. The second-order valence-corrected chi connectivity index (χ2v) is 3.46. The van der Waals surface area contributed by atoms with Crippen molar-refractivity contribution in [2.75, 3.05) is 19.8 Å². The summed E-state index contributed by atoms with van der Waals surface area (Å²) < 4.78 is 5.31. The van der Waals surface area contributed by atoms with Crippen LogP contribution in [-0.4, -0.2) is 36.6 Å². The fourth-order valence-electron chi connectivity index (χ4n) is 1.84. The van der Waals surface area contributed by atoms with Gasteiger partial charge in [-0.2, -0.15) is 0 Å². The summed E-state index contributed by atoms with van der Waals surface area (Å²) in [5.74, 6) is 0.159. The molecule has 1 atom stereocenters. The Bertz CT molecular complexity index is 235. The van der Waals surface area contributed by atoms with E-state index in [4.69, 9.17) is 4.74 Å². The first-order valence-electron chi connectivity index (χ1n) is 4.33. The zero-order valence-electron chi connectivity index (χ0n) is 7.25. The molecule has 2 heterocycles. The van der Waals surface area contributed by atoms with E-state index in [2.05, 4.69) is 0 Å². The van der Waals surface area contributed by atoms with Crippen molar-refractivity contribution in [3.63, 3.8) is 0 Å². The normalized spacial score (nSPS) is 29.8. The van der Waals surface area contributed by atoms with Gasteiger partial charge in [0, 0.05) is 12.6 Å². The molecular weight excluding hydrogens is 154 g/mol. The van der Waals surface area contributed by atoms with Gasteiger partial charge >= 0.3 is 0 Å². The molecule has 2 aliphatic heterocycles. The standard InChI is InChI=1S/C9H13NO2/c1-7-4-8-6-12-3-2-10(8)9(11)5-7/h5,8H,2-4,6H2,1H3. The van der Waals surface area contributed by atoms with E-state index in [-0.39, 0.29) is 5.91 Å². The lowest BCUT2D eigenvalue weighted by Gasteiger charge is -2.37. The second kappa shape index (κ2) is 2.90. The molecule has 1 unspecified atom stereocenters. The van der Waals surface area contributed by atoms with Gasteiger partial charge in [0.25, 0.3) is 0 Å². The molecule has 0 aromatic rings. The molecule has 0 radical (unpaired) electrons. The van der Waals surface area contributed by atoms with Gasteiger partial charge in [0.1, 0.15) is 0 Å². The summed E-state index contributed by atoms with van der Waals surface area (Å²) in [7, 11) is 0. The summed E-state index contributed by atoms with van der Waals surface area (Å²) in [5.41, 5.74) is 1.17. The maximum atomic E-state index is 11.4. The lowest BCUT2D eigenvalue weighted by atomic mass is 10.0. The Kier molecular flexibility index (Phi) is 1.89. The fraction of sp³-hybridized carbons (Fsp3) is 0.667. The van der Waals surface area contributed by atoms with Crippen LogP contribution in [0.15, 0.2) is 11.6 Å². The Morgan fingerprint density at radius 1 is 1.67 bits per heavy atom. The molecule has 3 heteroatoms. The van der Waals surface area contributed by atoms with E-state index in [1.165, 1.54) is 5.57 Å². The van der Waals surface area contributed by atoms with Crippen molar-refractivity contribution in [2.45, 2.75) is 19.4 Å². The van der Waals surface area contributed by atoms with E-state index in [0.717, 1.165) is 13.0 Å². The van der Waals surface area contributed by atoms with Crippen LogP contribution in [0.3, 0.4) is 0 Å². The van der Waals surface area contributed by atoms with Gasteiger partial charge in [-0.1, -0.05) is 5.57 Å². The van der Waals surface area contributed by atoms with Crippen molar-refractivity contribution in [3.8, 4) is 0 Å². The highest BCUT2D eigenvalue weighted by atomic mass is 16.5. The van der Waals surface area contributed by atoms with Crippen molar-refractivity contribution >= 4 is 5.91 Å². The molecular formula is C9H13NO2. The minimum Gasteiger partial charge on any atom is -0.377 e. The van der Waals surface area contributed by atoms with Gasteiger partial charge in [-0.05, 0) is 13.3 Å². The number of carbonyl (C=O) groups excluding carboxylic acids is 1. The number of amides is 1. The second-order valence-electron chi connectivity index (χ2n) is 3.46. The molecule has 0 bridgehead atoms. The number of carbonyl (C=O) groups is 1. The van der Waals surface area contributed by atoms with E-state index in [9.17, 15) is 4.79 Å². The first kappa shape index (κ1) is 7.80. The number of nitrogens with zero attached hydrogens (tertiary/aromatic N) is 1. The summed E-state index contributed by atoms with van der Waals surface area (Å²) >= 11 is 0. The number of hydrogen-bond donors (Lipinski definition) is 0. The molecule has 66 valence electrons. The van der Waals surface area contributed by atoms with Crippen molar-refractivity contribution in [1.29, 1.82) is 0 Å². The Labute approximate surface area is 72.0 Å². The molecule has 0 N–H and O–H groups in total. The summed E-state index contributed by atoms with van der Waals surface area (Å²) in [5, 5.41) is 0. The van der Waals surface area contributed by atoms with Crippen molar-refractivity contribution in [1.82, 2.24) is 4.90 Å². The van der Waals surface area contributed by atoms with Crippen LogP contribution in [0.25, 0.3) is 0 Å². The topological polar surface area (TPSA) is 29.5 Å². The van der Waals surface area contributed by atoms with E-state index >= 15 is 0 Å². The van der Waals surface area contributed by atoms with Crippen LogP contribution in [0.2, 0.25) is 0 Å². The largest absolute Gasteiger partial charge is 0.377 e. The van der Waals surface area contributed by atoms with Crippen LogP contribution in [-0.2, 0) is 9.53 Å². The van der Waals surface area contributed by atoms with Gasteiger partial charge in [0.05, 0.1) is 19.3 Å². The molecule has 0 spiro atoms. The lowest BCUT2D eigenvalue weighted by Crippen LogP contribution is -2.50. The summed E-state index contributed by atoms with van der Waals surface area (Å²) in [6.45, 7) is 4.16. The Hall–Kier alpha value is -0.830. The third-order valence-electron chi connectivity index (χ3n) is 2.44. The number of hydrogen-bond acceptors (Lipinski definition) is 2. The molecule has 1 fully saturated rings. The molecule has 0 aromatic heterocycles. The molecule has 2 rings (SSSR count). The van der Waals surface area contributed by atoms with Crippen LogP contribution >= 0.6 is 0 Å². The van der Waals surface area contributed by atoms with Gasteiger partial charge in [-0.3, -0.25) is 4.79 Å². The molecule has 2 aliphatic rings. The fourth-order valence-corrected chi connectivity index (χ4v) is 1.84. The molecule has 0 aliphatic carbocycles. The smallest absolute Gasteiger partial charge is 0.246 e. The van der Waals surface area contributed by atoms with Crippen molar-refractivity contribution < 1.29 is 9.53 Å². The third-order valence-corrected chi connectivity index (χ3v) is 2.44. The van der Waals surface area contributed by atoms with Crippen LogP contribution in [0, 0.1) is 0 Å². The number of rotatable bonds is 0. The highest BCUT2D eigenvalue weighted by molar-refractivity contribution is 5.89. The number of ether oxygens (including phenoxy) is 1. The zero-order valence-corrected chi connectivity index (χ0v) is 7.25. The van der Waals surface area contributed by atoms with Crippen LogP contribution in [0.1, 0.15) is 13.3 Å². The molecule has 0 aromatic carbocycles. The Balaban J connectivity index is 2.18. The van der Waals surface area contributed by atoms with Crippen LogP contribution in [0.5, 0.6) is 0 Å². The SMILES string of the molecule is CC1=CC(=O)N2CCOCC2C1. The van der Waals surface area contributed by atoms with Gasteiger partial charge in [-0.15, -0.1) is 0 Å². The summed E-state index contributed by atoms with van der Waals surface area (Å²) in [6.07, 6.45) is 2.72. The van der Waals surface area contributed by atoms with Crippen molar-refractivity contribution in [2.24, 2.45) is 0 Å². The van der Waals surface area contributed by atoms with Crippen LogP contribution in [0.4, 0.5) is 0 Å². The zero-order chi connectivity index (χ0) is 8.55. The van der Waals surface area contributed by atoms with E-state index in [0.29, 0.717) is 19.3 Å². The quantitative estimate of drug-likeness (QED) is 0.527. The molecule has 0 saturated carbocycles. The summed E-state index contributed by atoms with van der Waals surface area (Å²) in [4.78, 5) is 13.3. The average molecular weight is 167 g/mol. The van der Waals surface area contributed by atoms with E-state index in [1.54, 1.807) is 6.08 Å². The van der Waals surface area contributed by atoms with Gasteiger partial charge in [0.2, 0.25) is 5.91 Å². The average Bonchev–Trinajstić information content (AvgIpc) is 2.04. The lowest BCUT2D eigenvalue weighted by molar-refractivity contribution is -0.135. The minimum absolute atomic E-state index is 0.159. The molecule has 1 saturated heterocycles. The Morgan fingerprint density at radius 2 is 2.50 bits per heavy atom. The highest BCUT2D eigenvalue weighted by Crippen LogP contribution is 2.20. The van der Waals surface area contributed by atoms with Gasteiger partial charge in [-0.25, -0.2) is 0 Å². The number of morpholine rings is 1. The number of fused-ring (bicyclic) bond motifs is 1. The van der Waals surface area contributed by atoms with Gasteiger partial charge < -0.3 is 9.64 Å². The molecule has 1 amide bonds. The predicted molar refractivity (Wildman–Crippen MR) is 44.7 cm³/mol. The minimum atomic E-state index is 0.159. The van der Waals surface area contributed by atoms with Gasteiger partial charge in [0.15, 0.2) is 0 Å². The van der Waals surface area contributed by atoms with E-state index in [1.807, 2.05) is 11.8 Å².